The van der Waals surface area contributed by atoms with Crippen LogP contribution in [-0.4, -0.2) is 27.1 Å². The van der Waals surface area contributed by atoms with Crippen LogP contribution in [0.5, 0.6) is 0 Å². The number of hydrogen-bond donors (Lipinski definition) is 2. The van der Waals surface area contributed by atoms with Crippen molar-refractivity contribution in [1.29, 1.82) is 0 Å². The van der Waals surface area contributed by atoms with E-state index in [0.717, 1.165) is 49.9 Å². The number of hydrazine groups is 1. The van der Waals surface area contributed by atoms with Gasteiger partial charge in [0.05, 0.1) is 22.2 Å². The normalized spacial score (nSPS) is 14.2. The van der Waals surface area contributed by atoms with Crippen LogP contribution in [0.25, 0.3) is 10.9 Å². The average molecular weight is 489 g/mol. The Morgan fingerprint density at radius 3 is 2.64 bits per heavy atom. The van der Waals surface area contributed by atoms with Crippen LogP contribution in [0.4, 0.5) is 4.39 Å². The maximum atomic E-state index is 13.7. The van der Waals surface area contributed by atoms with Gasteiger partial charge in [-0.25, -0.2) is 9.37 Å². The number of carbonyl (C=O) groups is 2. The summed E-state index contributed by atoms with van der Waals surface area (Å²) in [5.41, 5.74) is 4.62. The van der Waals surface area contributed by atoms with Crippen LogP contribution in [0, 0.1) is 5.82 Å². The molecule has 0 atom stereocenters. The molecule has 10 heteroatoms. The number of thioether (sulfide) groups is 1. The quantitative estimate of drug-likeness (QED) is 0.318. The number of halogens is 2. The Morgan fingerprint density at radius 2 is 1.88 bits per heavy atom. The molecule has 1 heterocycles. The smallest absolute Gasteiger partial charge is 0.272 e. The highest BCUT2D eigenvalue weighted by molar-refractivity contribution is 7.99. The minimum atomic E-state index is -0.760. The first kappa shape index (κ1) is 23.3. The number of aromatic nitrogens is 2. The number of rotatable bonds is 5. The van der Waals surface area contributed by atoms with Gasteiger partial charge in [0.2, 0.25) is 5.91 Å². The third-order valence-electron chi connectivity index (χ3n) is 5.54. The lowest BCUT2D eigenvalue weighted by molar-refractivity contribution is -0.119. The van der Waals surface area contributed by atoms with Crippen LogP contribution < -0.4 is 16.4 Å². The molecule has 4 rings (SSSR count). The van der Waals surface area contributed by atoms with Crippen LogP contribution >= 0.6 is 23.4 Å². The van der Waals surface area contributed by atoms with Crippen LogP contribution in [0.3, 0.4) is 0 Å². The first-order chi connectivity index (χ1) is 15.9. The van der Waals surface area contributed by atoms with Crippen molar-refractivity contribution in [3.8, 4) is 0 Å². The topological polar surface area (TPSA) is 93.1 Å². The lowest BCUT2D eigenvalue weighted by Gasteiger charge is -2.26. The predicted octanol–water partition coefficient (Wildman–Crippen LogP) is 4.25. The number of hydrogen-bond acceptors (Lipinski definition) is 5. The Balaban J connectivity index is 1.51. The molecule has 1 fully saturated rings. The molecule has 0 spiro atoms. The first-order valence-electron chi connectivity index (χ1n) is 10.6. The van der Waals surface area contributed by atoms with Crippen LogP contribution in [0.1, 0.15) is 48.5 Å². The molecule has 1 aromatic heterocycles. The third kappa shape index (κ3) is 5.36. The number of benzene rings is 2. The van der Waals surface area contributed by atoms with E-state index in [-0.39, 0.29) is 22.9 Å². The molecule has 0 saturated heterocycles. The highest BCUT2D eigenvalue weighted by Crippen LogP contribution is 2.31. The zero-order valence-electron chi connectivity index (χ0n) is 17.6. The fourth-order valence-corrected chi connectivity index (χ4v) is 4.95. The standard InChI is InChI=1S/C23H22ClFN4O3S/c24-14-10-11-17-19(12-14)26-23(29(22(17)32)15-6-2-1-3-7-15)33-13-20(30)27-28-21(31)16-8-4-5-9-18(16)25/h4-5,8-12,15H,1-3,6-7,13H2,(H,27,30)(H,28,31). The van der Waals surface area contributed by atoms with Gasteiger partial charge in [0.1, 0.15) is 5.82 Å². The SMILES string of the molecule is O=C(CSc1nc2cc(Cl)ccc2c(=O)n1C1CCCCC1)NNC(=O)c1ccccc1F. The van der Waals surface area contributed by atoms with Crippen molar-refractivity contribution in [3.63, 3.8) is 0 Å². The van der Waals surface area contributed by atoms with Gasteiger partial charge in [-0.2, -0.15) is 0 Å². The van der Waals surface area contributed by atoms with Crippen molar-refractivity contribution in [1.82, 2.24) is 20.4 Å². The highest BCUT2D eigenvalue weighted by Gasteiger charge is 2.22. The molecule has 0 unspecified atom stereocenters. The zero-order valence-corrected chi connectivity index (χ0v) is 19.2. The van der Waals surface area contributed by atoms with E-state index >= 15 is 0 Å². The molecule has 2 aromatic carbocycles. The molecular weight excluding hydrogens is 467 g/mol. The minimum Gasteiger partial charge on any atom is -0.284 e. The van der Waals surface area contributed by atoms with E-state index in [1.54, 1.807) is 22.8 Å². The molecule has 172 valence electrons. The Kier molecular flexibility index (Phi) is 7.29. The van der Waals surface area contributed by atoms with Gasteiger partial charge in [0, 0.05) is 11.1 Å². The van der Waals surface area contributed by atoms with Crippen molar-refractivity contribution < 1.29 is 14.0 Å². The Labute approximate surface area is 198 Å². The molecule has 7 nitrogen and oxygen atoms in total. The van der Waals surface area contributed by atoms with Gasteiger partial charge in [-0.3, -0.25) is 29.8 Å². The molecule has 2 amide bonds. The van der Waals surface area contributed by atoms with Gasteiger partial charge >= 0.3 is 0 Å². The lowest BCUT2D eigenvalue weighted by Crippen LogP contribution is -2.43. The molecule has 1 saturated carbocycles. The van der Waals surface area contributed by atoms with Gasteiger partial charge in [-0.05, 0) is 43.2 Å². The number of nitrogens with zero attached hydrogens (tertiary/aromatic N) is 2. The molecule has 1 aliphatic rings. The van der Waals surface area contributed by atoms with E-state index in [4.69, 9.17) is 11.6 Å². The Bertz CT molecular complexity index is 1260. The molecule has 2 N–H and O–H groups in total. The van der Waals surface area contributed by atoms with E-state index in [0.29, 0.717) is 21.1 Å². The molecule has 1 aliphatic carbocycles. The number of carbonyl (C=O) groups excluding carboxylic acids is 2. The molecule has 0 radical (unpaired) electrons. The fourth-order valence-electron chi connectivity index (χ4n) is 3.92. The van der Waals surface area contributed by atoms with Gasteiger partial charge in [-0.15, -0.1) is 0 Å². The fraction of sp³-hybridized carbons (Fsp3) is 0.304. The van der Waals surface area contributed by atoms with Crippen LogP contribution in [-0.2, 0) is 4.79 Å². The van der Waals surface area contributed by atoms with E-state index in [2.05, 4.69) is 15.8 Å². The third-order valence-corrected chi connectivity index (χ3v) is 6.73. The second-order valence-corrected chi connectivity index (χ2v) is 9.17. The lowest BCUT2D eigenvalue weighted by atomic mass is 9.95. The average Bonchev–Trinajstić information content (AvgIpc) is 2.82. The second-order valence-electron chi connectivity index (χ2n) is 7.79. The van der Waals surface area contributed by atoms with Crippen molar-refractivity contribution in [2.75, 3.05) is 5.75 Å². The first-order valence-corrected chi connectivity index (χ1v) is 12.0. The summed E-state index contributed by atoms with van der Waals surface area (Å²) in [5.74, 6) is -2.05. The Morgan fingerprint density at radius 1 is 1.12 bits per heavy atom. The number of amides is 2. The second kappa shape index (κ2) is 10.4. The van der Waals surface area contributed by atoms with Crippen molar-refractivity contribution in [3.05, 3.63) is 69.2 Å². The van der Waals surface area contributed by atoms with Crippen LogP contribution in [0.2, 0.25) is 5.02 Å². The summed E-state index contributed by atoms with van der Waals surface area (Å²) in [7, 11) is 0. The summed E-state index contributed by atoms with van der Waals surface area (Å²) in [4.78, 5) is 42.3. The summed E-state index contributed by atoms with van der Waals surface area (Å²) in [6.45, 7) is 0. The van der Waals surface area contributed by atoms with Crippen LogP contribution in [0.15, 0.2) is 52.4 Å². The minimum absolute atomic E-state index is 0.0187. The maximum Gasteiger partial charge on any atom is 0.272 e. The molecule has 0 aliphatic heterocycles. The van der Waals surface area contributed by atoms with E-state index < -0.39 is 17.6 Å². The monoisotopic (exact) mass is 488 g/mol. The largest absolute Gasteiger partial charge is 0.284 e. The summed E-state index contributed by atoms with van der Waals surface area (Å²) >= 11 is 7.19. The Hall–Kier alpha value is -2.91. The van der Waals surface area contributed by atoms with Gasteiger partial charge in [-0.1, -0.05) is 54.8 Å². The van der Waals surface area contributed by atoms with E-state index in [1.807, 2.05) is 0 Å². The van der Waals surface area contributed by atoms with Gasteiger partial charge in [0.25, 0.3) is 11.5 Å². The molecule has 33 heavy (non-hydrogen) atoms. The van der Waals surface area contributed by atoms with E-state index in [1.165, 1.54) is 18.2 Å². The maximum absolute atomic E-state index is 13.7. The molecule has 0 bridgehead atoms. The summed E-state index contributed by atoms with van der Waals surface area (Å²) < 4.78 is 15.4. The zero-order chi connectivity index (χ0) is 23.4. The van der Waals surface area contributed by atoms with E-state index in [9.17, 15) is 18.8 Å². The van der Waals surface area contributed by atoms with Crippen molar-refractivity contribution in [2.45, 2.75) is 43.3 Å². The highest BCUT2D eigenvalue weighted by atomic mass is 35.5. The van der Waals surface area contributed by atoms with Gasteiger partial charge < -0.3 is 0 Å². The molecule has 3 aromatic rings. The summed E-state index contributed by atoms with van der Waals surface area (Å²) in [6.07, 6.45) is 4.94. The number of fused-ring (bicyclic) bond motifs is 1. The number of nitrogens with one attached hydrogen (secondary N) is 2. The van der Waals surface area contributed by atoms with Gasteiger partial charge in [0.15, 0.2) is 5.16 Å². The summed E-state index contributed by atoms with van der Waals surface area (Å²) in [5, 5.41) is 1.38. The van der Waals surface area contributed by atoms with Crippen molar-refractivity contribution in [2.24, 2.45) is 0 Å². The van der Waals surface area contributed by atoms with Crippen molar-refractivity contribution >= 4 is 46.1 Å². The molecular formula is C23H22ClFN4O3S. The predicted molar refractivity (Wildman–Crippen MR) is 126 cm³/mol. The summed E-state index contributed by atoms with van der Waals surface area (Å²) in [6, 6.07) is 10.5.